The number of aryl methyl sites for hydroxylation is 2. The van der Waals surface area contributed by atoms with Crippen molar-refractivity contribution in [1.82, 2.24) is 14.5 Å². The van der Waals surface area contributed by atoms with Crippen LogP contribution in [-0.2, 0) is 22.7 Å². The third-order valence-electron chi connectivity index (χ3n) is 7.41. The molecule has 2 aromatic carbocycles. The number of carbonyl (C=O) groups is 2. The first kappa shape index (κ1) is 20.0. The van der Waals surface area contributed by atoms with Gasteiger partial charge < -0.3 is 9.13 Å². The maximum Gasteiger partial charge on any atom is 0.259 e. The molecule has 0 atom stereocenters. The molecule has 5 nitrogen and oxygen atoms in total. The van der Waals surface area contributed by atoms with Crippen LogP contribution in [0, 0.1) is 13.8 Å². The molecule has 6 rings (SSSR count). The van der Waals surface area contributed by atoms with Gasteiger partial charge >= 0.3 is 0 Å². The number of carbonyl (C=O) groups excluding carboxylic acids is 2. The van der Waals surface area contributed by atoms with Gasteiger partial charge in [-0.2, -0.15) is 0 Å². The number of aromatic nitrogens is 2. The van der Waals surface area contributed by atoms with Gasteiger partial charge in [-0.25, -0.2) is 0 Å². The Morgan fingerprint density at radius 1 is 0.636 bits per heavy atom. The molecule has 4 bridgehead atoms. The first-order valence-electron chi connectivity index (χ1n) is 11.8. The van der Waals surface area contributed by atoms with Gasteiger partial charge in [0, 0.05) is 57.4 Å². The molecule has 0 unspecified atom stereocenters. The van der Waals surface area contributed by atoms with Crippen molar-refractivity contribution < 1.29 is 9.59 Å². The molecule has 0 aliphatic carbocycles. The highest BCUT2D eigenvalue weighted by atomic mass is 16.2. The van der Waals surface area contributed by atoms with Crippen molar-refractivity contribution >= 4 is 44.8 Å². The lowest BCUT2D eigenvalue weighted by atomic mass is 9.93. The van der Waals surface area contributed by atoms with E-state index in [4.69, 9.17) is 0 Å². The number of fused-ring (bicyclic) bond motifs is 12. The normalized spacial score (nSPS) is 16.9. The van der Waals surface area contributed by atoms with Gasteiger partial charge in [-0.3, -0.25) is 14.9 Å². The summed E-state index contributed by atoms with van der Waals surface area (Å²) in [5, 5.41) is 4.68. The summed E-state index contributed by atoms with van der Waals surface area (Å²) in [4.78, 5) is 26.6. The Balaban J connectivity index is 1.77. The van der Waals surface area contributed by atoms with Gasteiger partial charge in [-0.15, -0.1) is 0 Å². The number of nitrogens with one attached hydrogen (secondary N) is 1. The molecule has 166 valence electrons. The number of nitrogens with zero attached hydrogens (tertiary/aromatic N) is 2. The lowest BCUT2D eigenvalue weighted by Crippen LogP contribution is -2.23. The van der Waals surface area contributed by atoms with Crippen molar-refractivity contribution in [2.75, 3.05) is 0 Å². The molecule has 0 fully saturated rings. The maximum atomic E-state index is 13.3. The number of rotatable bonds is 0. The smallest absolute Gasteiger partial charge is 0.259 e. The Labute approximate surface area is 192 Å². The molecule has 4 heterocycles. The number of hydrogen-bond acceptors (Lipinski definition) is 2. The Morgan fingerprint density at radius 2 is 1.06 bits per heavy atom. The zero-order valence-corrected chi connectivity index (χ0v) is 19.1. The molecular formula is C28H27N3O2. The summed E-state index contributed by atoms with van der Waals surface area (Å²) in [6, 6.07) is 16.5. The minimum atomic E-state index is -0.302. The molecule has 0 spiro atoms. The first-order valence-corrected chi connectivity index (χ1v) is 11.8. The van der Waals surface area contributed by atoms with Gasteiger partial charge in [0.25, 0.3) is 11.8 Å². The molecule has 2 aliphatic heterocycles. The second-order valence-electron chi connectivity index (χ2n) is 9.21. The minimum Gasteiger partial charge on any atom is -0.344 e. The van der Waals surface area contributed by atoms with Crippen LogP contribution in [0.4, 0.5) is 0 Å². The van der Waals surface area contributed by atoms with Gasteiger partial charge in [0.15, 0.2) is 0 Å². The van der Waals surface area contributed by atoms with E-state index in [1.54, 1.807) is 0 Å². The molecule has 2 aromatic heterocycles. The summed E-state index contributed by atoms with van der Waals surface area (Å²) < 4.78 is 4.65. The second-order valence-corrected chi connectivity index (χ2v) is 9.21. The second kappa shape index (κ2) is 7.48. The van der Waals surface area contributed by atoms with Crippen molar-refractivity contribution in [2.24, 2.45) is 0 Å². The third-order valence-corrected chi connectivity index (χ3v) is 7.41. The van der Waals surface area contributed by atoms with E-state index in [2.05, 4.69) is 52.6 Å². The predicted octanol–water partition coefficient (Wildman–Crippen LogP) is 5.35. The molecule has 5 heteroatoms. The van der Waals surface area contributed by atoms with Crippen LogP contribution >= 0.6 is 0 Å². The highest BCUT2D eigenvalue weighted by Gasteiger charge is 2.37. The van der Waals surface area contributed by atoms with Gasteiger partial charge in [0.05, 0.1) is 11.1 Å². The van der Waals surface area contributed by atoms with E-state index in [1.807, 2.05) is 24.3 Å². The molecule has 1 N–H and O–H groups in total. The summed E-state index contributed by atoms with van der Waals surface area (Å²) in [5.74, 6) is -0.603. The molecule has 4 aromatic rings. The van der Waals surface area contributed by atoms with Gasteiger partial charge in [-0.1, -0.05) is 49.2 Å². The molecule has 33 heavy (non-hydrogen) atoms. The van der Waals surface area contributed by atoms with Gasteiger partial charge in [0.2, 0.25) is 0 Å². The Bertz CT molecular complexity index is 1390. The van der Waals surface area contributed by atoms with E-state index < -0.39 is 0 Å². The van der Waals surface area contributed by atoms with E-state index in [9.17, 15) is 9.59 Å². The van der Waals surface area contributed by atoms with E-state index in [1.165, 1.54) is 12.8 Å². The fourth-order valence-electron chi connectivity index (χ4n) is 5.89. The zero-order valence-electron chi connectivity index (χ0n) is 19.1. The highest BCUT2D eigenvalue weighted by Crippen LogP contribution is 2.42. The maximum absolute atomic E-state index is 13.3. The van der Waals surface area contributed by atoms with Gasteiger partial charge in [-0.05, 0) is 38.8 Å². The fraction of sp³-hybridized carbons (Fsp3) is 0.286. The Hall–Kier alpha value is -3.60. The van der Waals surface area contributed by atoms with Crippen molar-refractivity contribution in [3.8, 4) is 0 Å². The van der Waals surface area contributed by atoms with E-state index in [0.717, 1.165) is 70.3 Å². The molecule has 2 amide bonds. The van der Waals surface area contributed by atoms with Crippen LogP contribution in [0.5, 0.6) is 0 Å². The van der Waals surface area contributed by atoms with Crippen LogP contribution < -0.4 is 5.32 Å². The van der Waals surface area contributed by atoms with Crippen molar-refractivity contribution in [1.29, 1.82) is 0 Å². The summed E-state index contributed by atoms with van der Waals surface area (Å²) in [6.07, 6.45) is 4.51. The van der Waals surface area contributed by atoms with E-state index in [-0.39, 0.29) is 11.8 Å². The summed E-state index contributed by atoms with van der Waals surface area (Å²) in [6.45, 7) is 5.99. The van der Waals surface area contributed by atoms with Crippen molar-refractivity contribution in [3.05, 3.63) is 71.0 Å². The highest BCUT2D eigenvalue weighted by molar-refractivity contribution is 6.51. The first-order chi connectivity index (χ1) is 16.1. The molecule has 0 radical (unpaired) electrons. The van der Waals surface area contributed by atoms with Crippen LogP contribution in [0.15, 0.2) is 48.5 Å². The topological polar surface area (TPSA) is 56.0 Å². The van der Waals surface area contributed by atoms with E-state index >= 15 is 0 Å². The number of hydrogen-bond donors (Lipinski definition) is 1. The minimum absolute atomic E-state index is 0.302. The SMILES string of the molecule is Cc1c2c3ccccc3n1CCCCCCn1c(C)c(c3ccccc31)C1=C2C(=O)NC1=O. The zero-order chi connectivity index (χ0) is 22.7. The Kier molecular flexibility index (Phi) is 4.54. The number of para-hydroxylation sites is 2. The number of benzene rings is 2. The van der Waals surface area contributed by atoms with Crippen molar-refractivity contribution in [3.63, 3.8) is 0 Å². The summed E-state index contributed by atoms with van der Waals surface area (Å²) in [7, 11) is 0. The van der Waals surface area contributed by atoms with Crippen LogP contribution in [0.3, 0.4) is 0 Å². The van der Waals surface area contributed by atoms with Crippen molar-refractivity contribution in [2.45, 2.75) is 52.6 Å². The molecular weight excluding hydrogens is 410 g/mol. The monoisotopic (exact) mass is 437 g/mol. The predicted molar refractivity (Wildman–Crippen MR) is 132 cm³/mol. The third kappa shape index (κ3) is 2.85. The van der Waals surface area contributed by atoms with Crippen LogP contribution in [0.1, 0.15) is 48.2 Å². The average molecular weight is 438 g/mol. The van der Waals surface area contributed by atoms with Crippen LogP contribution in [-0.4, -0.2) is 20.9 Å². The molecule has 2 aliphatic rings. The quantitative estimate of drug-likeness (QED) is 0.377. The largest absolute Gasteiger partial charge is 0.344 e. The van der Waals surface area contributed by atoms with Crippen LogP contribution in [0.25, 0.3) is 33.0 Å². The summed E-state index contributed by atoms with van der Waals surface area (Å²) in [5.41, 5.74) is 7.13. The van der Waals surface area contributed by atoms with E-state index in [0.29, 0.717) is 11.1 Å². The average Bonchev–Trinajstić information content (AvgIpc) is 3.36. The lowest BCUT2D eigenvalue weighted by Gasteiger charge is -2.12. The Morgan fingerprint density at radius 3 is 1.52 bits per heavy atom. The molecule has 0 saturated carbocycles. The number of amides is 2. The van der Waals surface area contributed by atoms with Crippen LogP contribution in [0.2, 0.25) is 0 Å². The summed E-state index contributed by atoms with van der Waals surface area (Å²) >= 11 is 0. The standard InChI is InChI=1S/C28H27N3O2/c1-17-23-19-11-5-7-13-21(19)30(17)15-9-3-4-10-16-31-18(2)24(20-12-6-8-14-22(20)31)26-25(23)27(32)29-28(26)33/h5-8,11-14H,3-4,9-10,15-16H2,1-2H3,(H,29,32,33). The fourth-order valence-corrected chi connectivity index (χ4v) is 5.89. The van der Waals surface area contributed by atoms with Gasteiger partial charge in [0.1, 0.15) is 0 Å². The number of imide groups is 1. The molecule has 0 saturated heterocycles. The lowest BCUT2D eigenvalue weighted by molar-refractivity contribution is -0.122.